The smallest absolute Gasteiger partial charge is 0.258 e. The van der Waals surface area contributed by atoms with E-state index in [1.165, 1.54) is 0 Å². The van der Waals surface area contributed by atoms with Gasteiger partial charge in [0, 0.05) is 5.54 Å². The normalized spacial score (nSPS) is 12.1. The minimum atomic E-state index is -0.314. The molecule has 0 bridgehead atoms. The van der Waals surface area contributed by atoms with Crippen molar-refractivity contribution in [3.63, 3.8) is 0 Å². The summed E-state index contributed by atoms with van der Waals surface area (Å²) in [5, 5.41) is 14.4. The molecule has 0 aliphatic carbocycles. The number of para-hydroxylation sites is 1. The number of benzene rings is 1. The molecular weight excluding hydrogens is 246 g/mol. The number of amides is 1. The zero-order valence-corrected chi connectivity index (χ0v) is 11.3. The molecule has 0 fully saturated rings. The van der Waals surface area contributed by atoms with Crippen molar-refractivity contribution in [2.24, 2.45) is 10.9 Å². The third-order valence-electron chi connectivity index (χ3n) is 2.14. The Balaban J connectivity index is 2.71. The van der Waals surface area contributed by atoms with Gasteiger partial charge in [-0.25, -0.2) is 0 Å². The number of nitrogens with two attached hydrogens (primary N) is 1. The maximum atomic E-state index is 11.6. The van der Waals surface area contributed by atoms with Crippen molar-refractivity contribution in [2.45, 2.75) is 26.3 Å². The van der Waals surface area contributed by atoms with Crippen LogP contribution in [0.2, 0.25) is 0 Å². The zero-order chi connectivity index (χ0) is 14.5. The summed E-state index contributed by atoms with van der Waals surface area (Å²) < 4.78 is 5.38. The van der Waals surface area contributed by atoms with Crippen LogP contribution < -0.4 is 15.8 Å². The van der Waals surface area contributed by atoms with Crippen LogP contribution in [0, 0.1) is 0 Å². The average molecular weight is 265 g/mol. The number of carbonyl (C=O) groups is 1. The molecule has 1 amide bonds. The summed E-state index contributed by atoms with van der Waals surface area (Å²) in [4.78, 5) is 11.6. The summed E-state index contributed by atoms with van der Waals surface area (Å²) in [5.74, 6) is 0.0931. The lowest BCUT2D eigenvalue weighted by Gasteiger charge is -2.20. The second-order valence-corrected chi connectivity index (χ2v) is 5.07. The van der Waals surface area contributed by atoms with Gasteiger partial charge in [-0.1, -0.05) is 17.3 Å². The van der Waals surface area contributed by atoms with Gasteiger partial charge < -0.3 is 21.0 Å². The van der Waals surface area contributed by atoms with E-state index in [1.807, 2.05) is 20.8 Å². The third kappa shape index (κ3) is 4.87. The molecular formula is C13H19N3O3. The fourth-order valence-electron chi connectivity index (χ4n) is 1.46. The fraction of sp³-hybridized carbons (Fsp3) is 0.385. The van der Waals surface area contributed by atoms with Gasteiger partial charge in [-0.15, -0.1) is 0 Å². The van der Waals surface area contributed by atoms with Gasteiger partial charge in [0.25, 0.3) is 5.91 Å². The van der Waals surface area contributed by atoms with Crippen LogP contribution in [0.5, 0.6) is 5.75 Å². The lowest BCUT2D eigenvalue weighted by Crippen LogP contribution is -2.43. The number of ether oxygens (including phenoxy) is 1. The van der Waals surface area contributed by atoms with Gasteiger partial charge in [-0.2, -0.15) is 0 Å². The molecule has 0 aliphatic heterocycles. The lowest BCUT2D eigenvalue weighted by molar-refractivity contribution is -0.124. The third-order valence-corrected chi connectivity index (χ3v) is 2.14. The molecule has 1 rings (SSSR count). The average Bonchev–Trinajstić information content (AvgIpc) is 2.33. The highest BCUT2D eigenvalue weighted by molar-refractivity contribution is 5.99. The van der Waals surface area contributed by atoms with Crippen LogP contribution in [0.15, 0.2) is 29.4 Å². The molecule has 0 unspecified atom stereocenters. The fourth-order valence-corrected chi connectivity index (χ4v) is 1.46. The van der Waals surface area contributed by atoms with Gasteiger partial charge >= 0.3 is 0 Å². The van der Waals surface area contributed by atoms with Gasteiger partial charge in [0.05, 0.1) is 5.56 Å². The number of hydrogen-bond acceptors (Lipinski definition) is 4. The number of nitrogens with one attached hydrogen (secondary N) is 1. The molecule has 1 aromatic rings. The Morgan fingerprint density at radius 3 is 2.63 bits per heavy atom. The van der Waals surface area contributed by atoms with Crippen molar-refractivity contribution in [2.75, 3.05) is 6.61 Å². The van der Waals surface area contributed by atoms with E-state index >= 15 is 0 Å². The Labute approximate surface area is 112 Å². The number of hydrogen-bond donors (Lipinski definition) is 3. The summed E-state index contributed by atoms with van der Waals surface area (Å²) in [6, 6.07) is 6.77. The van der Waals surface area contributed by atoms with Crippen LogP contribution >= 0.6 is 0 Å². The molecule has 1 aromatic carbocycles. The number of rotatable bonds is 4. The number of nitrogens with zero attached hydrogens (tertiary/aromatic N) is 1. The number of oxime groups is 1. The number of amidine groups is 1. The highest BCUT2D eigenvalue weighted by Gasteiger charge is 2.15. The van der Waals surface area contributed by atoms with Crippen LogP contribution in [-0.4, -0.2) is 29.1 Å². The van der Waals surface area contributed by atoms with Gasteiger partial charge in [-0.3, -0.25) is 4.79 Å². The van der Waals surface area contributed by atoms with Gasteiger partial charge in [0.15, 0.2) is 12.4 Å². The van der Waals surface area contributed by atoms with Crippen molar-refractivity contribution >= 4 is 11.7 Å². The second kappa shape index (κ2) is 6.08. The Kier molecular flexibility index (Phi) is 4.74. The van der Waals surface area contributed by atoms with Crippen molar-refractivity contribution in [3.05, 3.63) is 29.8 Å². The molecule has 0 heterocycles. The van der Waals surface area contributed by atoms with E-state index in [0.29, 0.717) is 11.3 Å². The maximum Gasteiger partial charge on any atom is 0.258 e. The summed E-state index contributed by atoms with van der Waals surface area (Å²) >= 11 is 0. The summed E-state index contributed by atoms with van der Waals surface area (Å²) in [7, 11) is 0. The molecule has 0 aromatic heterocycles. The molecule has 0 radical (unpaired) electrons. The predicted octanol–water partition coefficient (Wildman–Crippen LogP) is 1.07. The standard InChI is InChI=1S/C13H19N3O3/c1-13(2,3)15-11(17)8-19-10-7-5-4-6-9(10)12(14)16-18/h4-7,18H,8H2,1-3H3,(H2,14,16)(H,15,17). The van der Waals surface area contributed by atoms with Crippen molar-refractivity contribution in [1.82, 2.24) is 5.32 Å². The van der Waals surface area contributed by atoms with E-state index in [1.54, 1.807) is 24.3 Å². The molecule has 0 saturated heterocycles. The van der Waals surface area contributed by atoms with Crippen LogP contribution in [0.3, 0.4) is 0 Å². The molecule has 104 valence electrons. The van der Waals surface area contributed by atoms with Crippen molar-refractivity contribution in [3.8, 4) is 5.75 Å². The minimum Gasteiger partial charge on any atom is -0.483 e. The quantitative estimate of drug-likeness (QED) is 0.328. The first kappa shape index (κ1) is 14.8. The summed E-state index contributed by atoms with van der Waals surface area (Å²) in [6.45, 7) is 5.52. The first-order chi connectivity index (χ1) is 8.83. The topological polar surface area (TPSA) is 96.9 Å². The first-order valence-corrected chi connectivity index (χ1v) is 5.84. The van der Waals surface area contributed by atoms with E-state index in [0.717, 1.165) is 0 Å². The van der Waals surface area contributed by atoms with Crippen molar-refractivity contribution in [1.29, 1.82) is 0 Å². The Bertz CT molecular complexity index is 478. The van der Waals surface area contributed by atoms with E-state index in [-0.39, 0.29) is 23.9 Å². The largest absolute Gasteiger partial charge is 0.483 e. The Morgan fingerprint density at radius 2 is 2.05 bits per heavy atom. The van der Waals surface area contributed by atoms with Gasteiger partial charge in [0.1, 0.15) is 5.75 Å². The Morgan fingerprint density at radius 1 is 1.42 bits per heavy atom. The maximum absolute atomic E-state index is 11.6. The zero-order valence-electron chi connectivity index (χ0n) is 11.3. The molecule has 0 aliphatic rings. The summed E-state index contributed by atoms with van der Waals surface area (Å²) in [6.07, 6.45) is 0. The molecule has 0 saturated carbocycles. The molecule has 19 heavy (non-hydrogen) atoms. The second-order valence-electron chi connectivity index (χ2n) is 5.07. The lowest BCUT2D eigenvalue weighted by atomic mass is 10.1. The van der Waals surface area contributed by atoms with Gasteiger partial charge in [-0.05, 0) is 32.9 Å². The van der Waals surface area contributed by atoms with Crippen LogP contribution in [0.4, 0.5) is 0 Å². The highest BCUT2D eigenvalue weighted by Crippen LogP contribution is 2.17. The van der Waals surface area contributed by atoms with Crippen molar-refractivity contribution < 1.29 is 14.7 Å². The van der Waals surface area contributed by atoms with E-state index < -0.39 is 0 Å². The SMILES string of the molecule is CC(C)(C)NC(=O)COc1ccccc1/C(N)=N/O. The van der Waals surface area contributed by atoms with E-state index in [2.05, 4.69) is 10.5 Å². The molecule has 0 atom stereocenters. The first-order valence-electron chi connectivity index (χ1n) is 5.84. The van der Waals surface area contributed by atoms with E-state index in [4.69, 9.17) is 15.7 Å². The monoisotopic (exact) mass is 265 g/mol. The Hall–Kier alpha value is -2.24. The summed E-state index contributed by atoms with van der Waals surface area (Å²) in [5.41, 5.74) is 5.65. The van der Waals surface area contributed by atoms with Gasteiger partial charge in [0.2, 0.25) is 0 Å². The highest BCUT2D eigenvalue weighted by atomic mass is 16.5. The van der Waals surface area contributed by atoms with Crippen LogP contribution in [-0.2, 0) is 4.79 Å². The molecule has 6 heteroatoms. The molecule has 0 spiro atoms. The number of carbonyl (C=O) groups excluding carboxylic acids is 1. The predicted molar refractivity (Wildman–Crippen MR) is 72.3 cm³/mol. The molecule has 6 nitrogen and oxygen atoms in total. The van der Waals surface area contributed by atoms with E-state index in [9.17, 15) is 4.79 Å². The minimum absolute atomic E-state index is 0.0631. The molecule has 4 N–H and O–H groups in total. The van der Waals surface area contributed by atoms with Crippen LogP contribution in [0.25, 0.3) is 0 Å². The van der Waals surface area contributed by atoms with Crippen LogP contribution in [0.1, 0.15) is 26.3 Å².